The van der Waals surface area contributed by atoms with Gasteiger partial charge >= 0.3 is 5.97 Å². The first-order valence-corrected chi connectivity index (χ1v) is 2.81. The lowest BCUT2D eigenvalue weighted by molar-refractivity contribution is -0.146. The minimum absolute atomic E-state index is 0.264. The summed E-state index contributed by atoms with van der Waals surface area (Å²) in [6.07, 6.45) is 0. The quantitative estimate of drug-likeness (QED) is 0.454. The molecule has 0 radical (unpaired) electrons. The third-order valence-corrected chi connectivity index (χ3v) is 1.68. The molecule has 0 spiro atoms. The van der Waals surface area contributed by atoms with Gasteiger partial charge in [-0.15, -0.1) is 0 Å². The molecule has 0 saturated carbocycles. The summed E-state index contributed by atoms with van der Waals surface area (Å²) in [5, 5.41) is 3.54. The molecular weight excluding hydrogens is 118 g/mol. The second-order valence-corrected chi connectivity index (χ2v) is 2.68. The molecule has 1 aliphatic rings. The van der Waals surface area contributed by atoms with Gasteiger partial charge in [-0.2, -0.15) is 0 Å². The zero-order valence-electron chi connectivity index (χ0n) is 5.76. The van der Waals surface area contributed by atoms with E-state index in [4.69, 9.17) is 0 Å². The van der Waals surface area contributed by atoms with Crippen molar-refractivity contribution < 1.29 is 9.63 Å². The van der Waals surface area contributed by atoms with E-state index in [1.807, 2.05) is 0 Å². The Morgan fingerprint density at radius 3 is 2.22 bits per heavy atom. The predicted octanol–water partition coefficient (Wildman–Crippen LogP) is 0.945. The van der Waals surface area contributed by atoms with Crippen LogP contribution in [-0.4, -0.2) is 11.7 Å². The second-order valence-electron chi connectivity index (χ2n) is 2.68. The molecule has 1 rings (SSSR count). The molecule has 3 nitrogen and oxygen atoms in total. The molecule has 0 aromatic carbocycles. The molecule has 0 atom stereocenters. The van der Waals surface area contributed by atoms with Crippen LogP contribution in [0, 0.1) is 5.41 Å². The monoisotopic (exact) mass is 127 g/mol. The molecule has 0 fully saturated rings. The van der Waals surface area contributed by atoms with E-state index in [0.717, 1.165) is 5.71 Å². The summed E-state index contributed by atoms with van der Waals surface area (Å²) in [6.45, 7) is 5.37. The molecule has 1 heterocycles. The van der Waals surface area contributed by atoms with Crippen LogP contribution >= 0.6 is 0 Å². The number of carbonyl (C=O) groups is 1. The minimum Gasteiger partial charge on any atom is -0.317 e. The van der Waals surface area contributed by atoms with E-state index in [1.165, 1.54) is 0 Å². The van der Waals surface area contributed by atoms with Crippen molar-refractivity contribution in [2.75, 3.05) is 0 Å². The summed E-state index contributed by atoms with van der Waals surface area (Å²) >= 11 is 0. The van der Waals surface area contributed by atoms with E-state index in [2.05, 4.69) is 9.99 Å². The normalized spacial score (nSPS) is 23.4. The molecule has 0 bridgehead atoms. The smallest absolute Gasteiger partial charge is 0.317 e. The van der Waals surface area contributed by atoms with Crippen LogP contribution in [0.3, 0.4) is 0 Å². The fourth-order valence-corrected chi connectivity index (χ4v) is 0.486. The van der Waals surface area contributed by atoms with Crippen molar-refractivity contribution in [3.05, 3.63) is 0 Å². The number of oxime groups is 1. The first-order chi connectivity index (χ1) is 4.05. The highest BCUT2D eigenvalue weighted by Crippen LogP contribution is 2.24. The largest absolute Gasteiger partial charge is 0.346 e. The molecule has 0 aromatic heterocycles. The summed E-state index contributed by atoms with van der Waals surface area (Å²) < 4.78 is 0. The van der Waals surface area contributed by atoms with Gasteiger partial charge in [-0.1, -0.05) is 5.16 Å². The van der Waals surface area contributed by atoms with Crippen LogP contribution in [0.15, 0.2) is 5.16 Å². The number of carbonyl (C=O) groups excluding carboxylic acids is 1. The van der Waals surface area contributed by atoms with Crippen molar-refractivity contribution in [3.63, 3.8) is 0 Å². The standard InChI is InChI=1S/C6H9NO2/c1-4-6(2,3)5(8)9-7-4/h1-3H3. The van der Waals surface area contributed by atoms with Crippen LogP contribution < -0.4 is 0 Å². The summed E-state index contributed by atoms with van der Waals surface area (Å²) in [6, 6.07) is 0. The highest BCUT2D eigenvalue weighted by atomic mass is 16.7. The van der Waals surface area contributed by atoms with Crippen LogP contribution in [-0.2, 0) is 9.63 Å². The topological polar surface area (TPSA) is 38.7 Å². The Hall–Kier alpha value is -0.860. The van der Waals surface area contributed by atoms with Crippen molar-refractivity contribution in [1.82, 2.24) is 0 Å². The number of nitrogens with zero attached hydrogens (tertiary/aromatic N) is 1. The molecule has 3 heteroatoms. The van der Waals surface area contributed by atoms with Gasteiger partial charge in [0.05, 0.1) is 5.71 Å². The summed E-state index contributed by atoms with van der Waals surface area (Å²) in [4.78, 5) is 15.2. The molecule has 9 heavy (non-hydrogen) atoms. The zero-order chi connectivity index (χ0) is 7.07. The minimum atomic E-state index is -0.500. The lowest BCUT2D eigenvalue weighted by Crippen LogP contribution is -2.26. The number of hydrogen-bond donors (Lipinski definition) is 0. The first-order valence-electron chi connectivity index (χ1n) is 2.81. The average Bonchev–Trinajstić information content (AvgIpc) is 1.96. The molecule has 0 amide bonds. The maximum Gasteiger partial charge on any atom is 0.346 e. The Bertz CT molecular complexity index is 181. The Morgan fingerprint density at radius 2 is 2.11 bits per heavy atom. The van der Waals surface area contributed by atoms with E-state index in [0.29, 0.717) is 0 Å². The van der Waals surface area contributed by atoms with E-state index >= 15 is 0 Å². The van der Waals surface area contributed by atoms with Crippen LogP contribution in [0.25, 0.3) is 0 Å². The van der Waals surface area contributed by atoms with Gasteiger partial charge < -0.3 is 4.84 Å². The molecule has 50 valence electrons. The number of hydrogen-bond acceptors (Lipinski definition) is 3. The second kappa shape index (κ2) is 1.56. The SMILES string of the molecule is CC1=NOC(=O)C1(C)C. The third kappa shape index (κ3) is 0.724. The predicted molar refractivity (Wildman–Crippen MR) is 33.0 cm³/mol. The van der Waals surface area contributed by atoms with E-state index in [-0.39, 0.29) is 5.97 Å². The lowest BCUT2D eigenvalue weighted by atomic mass is 9.89. The summed E-state index contributed by atoms with van der Waals surface area (Å²) in [5.74, 6) is -0.264. The lowest BCUT2D eigenvalue weighted by Gasteiger charge is -2.09. The molecule has 0 N–H and O–H groups in total. The molecule has 0 aliphatic carbocycles. The Morgan fingerprint density at radius 1 is 1.56 bits per heavy atom. The average molecular weight is 127 g/mol. The van der Waals surface area contributed by atoms with Crippen LogP contribution in [0.4, 0.5) is 0 Å². The fourth-order valence-electron chi connectivity index (χ4n) is 0.486. The van der Waals surface area contributed by atoms with Crippen LogP contribution in [0.2, 0.25) is 0 Å². The van der Waals surface area contributed by atoms with Crippen molar-refractivity contribution in [1.29, 1.82) is 0 Å². The highest BCUT2D eigenvalue weighted by Gasteiger charge is 2.38. The summed E-state index contributed by atoms with van der Waals surface area (Å²) in [7, 11) is 0. The Labute approximate surface area is 53.7 Å². The van der Waals surface area contributed by atoms with Gasteiger partial charge in [0.1, 0.15) is 5.41 Å². The van der Waals surface area contributed by atoms with Gasteiger partial charge in [-0.25, -0.2) is 4.79 Å². The maximum atomic E-state index is 10.8. The van der Waals surface area contributed by atoms with Gasteiger partial charge in [0.25, 0.3) is 0 Å². The highest BCUT2D eigenvalue weighted by molar-refractivity contribution is 6.07. The van der Waals surface area contributed by atoms with E-state index < -0.39 is 5.41 Å². The van der Waals surface area contributed by atoms with Gasteiger partial charge in [-0.05, 0) is 20.8 Å². The van der Waals surface area contributed by atoms with Crippen molar-refractivity contribution in [3.8, 4) is 0 Å². The Kier molecular flexibility index (Phi) is 1.08. The molecular formula is C6H9NO2. The zero-order valence-corrected chi connectivity index (χ0v) is 5.76. The molecule has 0 unspecified atom stereocenters. The number of rotatable bonds is 0. The maximum absolute atomic E-state index is 10.8. The Balaban J connectivity index is 2.93. The van der Waals surface area contributed by atoms with Crippen molar-refractivity contribution in [2.45, 2.75) is 20.8 Å². The van der Waals surface area contributed by atoms with Crippen molar-refractivity contribution in [2.24, 2.45) is 10.6 Å². The van der Waals surface area contributed by atoms with Gasteiger partial charge in [0.15, 0.2) is 0 Å². The summed E-state index contributed by atoms with van der Waals surface area (Å²) in [5.41, 5.74) is 0.243. The fraction of sp³-hybridized carbons (Fsp3) is 0.667. The van der Waals surface area contributed by atoms with Crippen LogP contribution in [0.5, 0.6) is 0 Å². The third-order valence-electron chi connectivity index (χ3n) is 1.68. The van der Waals surface area contributed by atoms with E-state index in [9.17, 15) is 4.79 Å². The molecule has 1 aliphatic heterocycles. The van der Waals surface area contributed by atoms with Gasteiger partial charge in [0.2, 0.25) is 0 Å². The first kappa shape index (κ1) is 6.26. The molecule has 0 aromatic rings. The van der Waals surface area contributed by atoms with Gasteiger partial charge in [0, 0.05) is 0 Å². The molecule has 0 saturated heterocycles. The van der Waals surface area contributed by atoms with Crippen molar-refractivity contribution >= 4 is 11.7 Å². The van der Waals surface area contributed by atoms with Crippen LogP contribution in [0.1, 0.15) is 20.8 Å². The van der Waals surface area contributed by atoms with Gasteiger partial charge in [-0.3, -0.25) is 0 Å². The van der Waals surface area contributed by atoms with E-state index in [1.54, 1.807) is 20.8 Å².